The van der Waals surface area contributed by atoms with Crippen LogP contribution in [0.2, 0.25) is 5.15 Å². The average molecular weight is 341 g/mol. The molecule has 0 aromatic carbocycles. The fourth-order valence-corrected chi connectivity index (χ4v) is 3.66. The molecule has 0 atom stereocenters. The molecule has 1 fully saturated rings. The summed E-state index contributed by atoms with van der Waals surface area (Å²) >= 11 is 8.85. The highest BCUT2D eigenvalue weighted by atomic mass is 79.9. The molecule has 0 aliphatic carbocycles. The number of hydrogen-bond acceptors (Lipinski definition) is 4. The molecule has 0 unspecified atom stereocenters. The van der Waals surface area contributed by atoms with E-state index in [4.69, 9.17) is 11.6 Å². The molecule has 0 radical (unpaired) electrons. The molecule has 0 saturated carbocycles. The van der Waals surface area contributed by atoms with Crippen LogP contribution >= 0.6 is 27.5 Å². The van der Waals surface area contributed by atoms with Crippen LogP contribution in [0, 0.1) is 0 Å². The lowest BCUT2D eigenvalue weighted by Crippen LogP contribution is -2.34. The van der Waals surface area contributed by atoms with Gasteiger partial charge in [0.2, 0.25) is 0 Å². The molecule has 2 rings (SSSR count). The zero-order valence-electron chi connectivity index (χ0n) is 8.35. The summed E-state index contributed by atoms with van der Waals surface area (Å²) in [4.78, 5) is 14.9. The Labute approximate surface area is 111 Å². The van der Waals surface area contributed by atoms with Crippen molar-refractivity contribution in [3.63, 3.8) is 0 Å². The number of carbonyl (C=O) groups is 1. The Morgan fingerprint density at radius 3 is 2.82 bits per heavy atom. The van der Waals surface area contributed by atoms with Gasteiger partial charge in [-0.05, 0) is 22.0 Å². The van der Waals surface area contributed by atoms with Crippen molar-refractivity contribution >= 4 is 43.6 Å². The number of pyridine rings is 1. The SMILES string of the molecule is O=C1NCCN1S(=O)(=O)c1cc(Br)cnc1Cl. The average Bonchev–Trinajstić information content (AvgIpc) is 2.68. The third-order valence-electron chi connectivity index (χ3n) is 2.16. The molecule has 1 N–H and O–H groups in total. The highest BCUT2D eigenvalue weighted by molar-refractivity contribution is 9.10. The van der Waals surface area contributed by atoms with Gasteiger partial charge >= 0.3 is 6.03 Å². The quantitative estimate of drug-likeness (QED) is 0.821. The van der Waals surface area contributed by atoms with E-state index in [2.05, 4.69) is 26.2 Å². The first-order valence-corrected chi connectivity index (χ1v) is 7.15. The zero-order chi connectivity index (χ0) is 12.6. The van der Waals surface area contributed by atoms with Crippen LogP contribution in [-0.4, -0.2) is 36.8 Å². The highest BCUT2D eigenvalue weighted by Gasteiger charge is 2.34. The Kier molecular flexibility index (Phi) is 3.28. The van der Waals surface area contributed by atoms with Gasteiger partial charge in [0.25, 0.3) is 10.0 Å². The van der Waals surface area contributed by atoms with E-state index in [1.165, 1.54) is 12.3 Å². The van der Waals surface area contributed by atoms with Gasteiger partial charge in [0.05, 0.1) is 6.54 Å². The van der Waals surface area contributed by atoms with Gasteiger partial charge in [-0.2, -0.15) is 0 Å². The van der Waals surface area contributed by atoms with Gasteiger partial charge < -0.3 is 5.32 Å². The van der Waals surface area contributed by atoms with Crippen molar-refractivity contribution < 1.29 is 13.2 Å². The molecule has 1 aliphatic heterocycles. The van der Waals surface area contributed by atoms with Gasteiger partial charge in [0.15, 0.2) is 0 Å². The molecular formula is C8H7BrClN3O3S. The van der Waals surface area contributed by atoms with Crippen LogP contribution in [0.3, 0.4) is 0 Å². The van der Waals surface area contributed by atoms with Crippen molar-refractivity contribution in [2.45, 2.75) is 4.90 Å². The second-order valence-electron chi connectivity index (χ2n) is 3.25. The summed E-state index contributed by atoms with van der Waals surface area (Å²) in [6.07, 6.45) is 1.38. The van der Waals surface area contributed by atoms with Crippen LogP contribution in [-0.2, 0) is 10.0 Å². The van der Waals surface area contributed by atoms with Gasteiger partial charge in [0, 0.05) is 17.2 Å². The molecule has 6 nitrogen and oxygen atoms in total. The molecule has 1 aromatic rings. The van der Waals surface area contributed by atoms with Crippen LogP contribution in [0.5, 0.6) is 0 Å². The minimum absolute atomic E-state index is 0.0873. The number of amides is 2. The normalized spacial score (nSPS) is 16.1. The maximum Gasteiger partial charge on any atom is 0.331 e. The number of sulfonamides is 1. The molecule has 0 bridgehead atoms. The first-order chi connectivity index (χ1) is 7.93. The lowest BCUT2D eigenvalue weighted by Gasteiger charge is -2.15. The summed E-state index contributed by atoms with van der Waals surface area (Å²) in [6, 6.07) is 0.664. The molecular weight excluding hydrogens is 334 g/mol. The van der Waals surface area contributed by atoms with Crippen LogP contribution in [0.25, 0.3) is 0 Å². The molecule has 1 saturated heterocycles. The van der Waals surface area contributed by atoms with Crippen molar-refractivity contribution in [2.75, 3.05) is 13.1 Å². The molecule has 0 spiro atoms. The number of nitrogens with zero attached hydrogens (tertiary/aromatic N) is 2. The number of aromatic nitrogens is 1. The lowest BCUT2D eigenvalue weighted by atomic mass is 10.5. The van der Waals surface area contributed by atoms with E-state index in [1.807, 2.05) is 0 Å². The molecule has 9 heteroatoms. The third kappa shape index (κ3) is 2.24. The predicted molar refractivity (Wildman–Crippen MR) is 64.2 cm³/mol. The van der Waals surface area contributed by atoms with E-state index >= 15 is 0 Å². The van der Waals surface area contributed by atoms with Gasteiger partial charge in [-0.1, -0.05) is 11.6 Å². The fourth-order valence-electron chi connectivity index (χ4n) is 1.39. The Morgan fingerprint density at radius 2 is 2.24 bits per heavy atom. The van der Waals surface area contributed by atoms with Crippen molar-refractivity contribution in [3.8, 4) is 0 Å². The van der Waals surface area contributed by atoms with Crippen molar-refractivity contribution in [1.29, 1.82) is 0 Å². The largest absolute Gasteiger partial charge is 0.335 e. The summed E-state index contributed by atoms with van der Waals surface area (Å²) in [6.45, 7) is 0.376. The molecule has 17 heavy (non-hydrogen) atoms. The molecule has 2 heterocycles. The Hall–Kier alpha value is -0.860. The minimum atomic E-state index is -3.94. The number of nitrogens with one attached hydrogen (secondary N) is 1. The zero-order valence-corrected chi connectivity index (χ0v) is 11.5. The maximum atomic E-state index is 12.1. The number of rotatable bonds is 2. The van der Waals surface area contributed by atoms with Gasteiger partial charge in [0.1, 0.15) is 10.0 Å². The second kappa shape index (κ2) is 4.43. The van der Waals surface area contributed by atoms with E-state index in [0.717, 1.165) is 4.31 Å². The van der Waals surface area contributed by atoms with Crippen molar-refractivity contribution in [1.82, 2.24) is 14.6 Å². The predicted octanol–water partition coefficient (Wildman–Crippen LogP) is 1.21. The van der Waals surface area contributed by atoms with E-state index in [9.17, 15) is 13.2 Å². The first-order valence-electron chi connectivity index (χ1n) is 4.54. The number of hydrogen-bond donors (Lipinski definition) is 1. The van der Waals surface area contributed by atoms with E-state index < -0.39 is 16.1 Å². The smallest absolute Gasteiger partial charge is 0.331 e. The third-order valence-corrected chi connectivity index (χ3v) is 4.80. The summed E-state index contributed by atoms with van der Waals surface area (Å²) in [5.41, 5.74) is 0. The second-order valence-corrected chi connectivity index (χ2v) is 6.36. The Morgan fingerprint density at radius 1 is 1.53 bits per heavy atom. The Bertz CT molecular complexity index is 577. The van der Waals surface area contributed by atoms with Gasteiger partial charge in [-0.3, -0.25) is 0 Å². The monoisotopic (exact) mass is 339 g/mol. The van der Waals surface area contributed by atoms with Crippen molar-refractivity contribution in [3.05, 3.63) is 21.9 Å². The first kappa shape index (κ1) is 12.6. The van der Waals surface area contributed by atoms with Crippen LogP contribution in [0.1, 0.15) is 0 Å². The topological polar surface area (TPSA) is 79.4 Å². The minimum Gasteiger partial charge on any atom is -0.335 e. The van der Waals surface area contributed by atoms with Crippen LogP contribution in [0.4, 0.5) is 4.79 Å². The lowest BCUT2D eigenvalue weighted by molar-refractivity contribution is 0.236. The molecule has 1 aromatic heterocycles. The maximum absolute atomic E-state index is 12.1. The van der Waals surface area contributed by atoms with Gasteiger partial charge in [-0.25, -0.2) is 22.5 Å². The fraction of sp³-hybridized carbons (Fsp3) is 0.250. The highest BCUT2D eigenvalue weighted by Crippen LogP contribution is 2.26. The van der Waals surface area contributed by atoms with Crippen molar-refractivity contribution in [2.24, 2.45) is 0 Å². The number of urea groups is 1. The van der Waals surface area contributed by atoms with Crippen LogP contribution in [0.15, 0.2) is 21.6 Å². The summed E-state index contributed by atoms with van der Waals surface area (Å²) < 4.78 is 25.5. The molecule has 2 amide bonds. The van der Waals surface area contributed by atoms with E-state index in [0.29, 0.717) is 4.47 Å². The van der Waals surface area contributed by atoms with E-state index in [1.54, 1.807) is 0 Å². The Balaban J connectivity index is 2.51. The standard InChI is InChI=1S/C8H7BrClN3O3S/c9-5-3-6(7(10)12-4-5)17(15,16)13-2-1-11-8(13)14/h3-4H,1-2H2,(H,11,14). The molecule has 1 aliphatic rings. The van der Waals surface area contributed by atoms with E-state index in [-0.39, 0.29) is 23.1 Å². The summed E-state index contributed by atoms with van der Waals surface area (Å²) in [5.74, 6) is 0. The number of carbonyl (C=O) groups excluding carboxylic acids is 1. The van der Waals surface area contributed by atoms with Crippen LogP contribution < -0.4 is 5.32 Å². The summed E-state index contributed by atoms with van der Waals surface area (Å²) in [5, 5.41) is 2.25. The van der Waals surface area contributed by atoms with Gasteiger partial charge in [-0.15, -0.1) is 0 Å². The number of halogens is 2. The summed E-state index contributed by atoms with van der Waals surface area (Å²) in [7, 11) is -3.94. The molecule has 92 valence electrons.